The average molecular weight is 681 g/mol. The molecule has 7 aliphatic rings. The molecule has 0 bridgehead atoms. The average Bonchev–Trinajstić information content (AvgIpc) is 3.59. The van der Waals surface area contributed by atoms with Gasteiger partial charge in [0.25, 0.3) is 0 Å². The van der Waals surface area contributed by atoms with Crippen LogP contribution in [0.15, 0.2) is 42.0 Å². The Hall–Kier alpha value is -1.36. The van der Waals surface area contributed by atoms with E-state index in [0.717, 1.165) is 44.1 Å². The number of hydrogen-bond acceptors (Lipinski definition) is 8. The SMILES string of the molecule is C[C@@H](CO)CC[C@H]1O[C@@H]2CC3[C@](C)(CC[C@@H]4[C@@]5(C)CC[C@H](O[C@@H]6OC7COC(c8ccccc8)O[C@H]7C(O)C6O)CC5=CC[C@@]34C)C2[C@@H]1C. The van der Waals surface area contributed by atoms with Crippen molar-refractivity contribution in [2.45, 2.75) is 148 Å². The molecule has 272 valence electrons. The lowest BCUT2D eigenvalue weighted by Crippen LogP contribution is -2.62. The minimum atomic E-state index is -1.20. The van der Waals surface area contributed by atoms with Crippen molar-refractivity contribution in [3.8, 4) is 0 Å². The molecule has 17 atom stereocenters. The molecule has 0 amide bonds. The molecule has 6 fully saturated rings. The predicted octanol–water partition coefficient (Wildman–Crippen LogP) is 6.32. The van der Waals surface area contributed by atoms with Crippen molar-refractivity contribution in [3.63, 3.8) is 0 Å². The topological polar surface area (TPSA) is 107 Å². The van der Waals surface area contributed by atoms with E-state index in [1.54, 1.807) is 0 Å². The van der Waals surface area contributed by atoms with E-state index in [-0.39, 0.29) is 30.1 Å². The first kappa shape index (κ1) is 34.7. The van der Waals surface area contributed by atoms with Gasteiger partial charge in [-0.1, -0.05) is 76.6 Å². The van der Waals surface area contributed by atoms with E-state index in [9.17, 15) is 15.3 Å². The van der Waals surface area contributed by atoms with Gasteiger partial charge in [-0.15, -0.1) is 0 Å². The van der Waals surface area contributed by atoms with Crippen molar-refractivity contribution in [1.82, 2.24) is 0 Å². The largest absolute Gasteiger partial charge is 0.396 e. The maximum atomic E-state index is 11.2. The summed E-state index contributed by atoms with van der Waals surface area (Å²) in [5.41, 5.74) is 3.06. The molecule has 3 N–H and O–H groups in total. The third kappa shape index (κ3) is 5.62. The maximum absolute atomic E-state index is 11.2. The van der Waals surface area contributed by atoms with Gasteiger partial charge in [-0.2, -0.15) is 0 Å². The molecule has 0 spiro atoms. The second-order valence-corrected chi connectivity index (χ2v) is 17.9. The monoisotopic (exact) mass is 680 g/mol. The van der Waals surface area contributed by atoms with E-state index in [2.05, 4.69) is 40.7 Å². The summed E-state index contributed by atoms with van der Waals surface area (Å²) < 4.78 is 31.7. The molecule has 4 aliphatic carbocycles. The molecule has 3 saturated carbocycles. The molecule has 8 heteroatoms. The highest BCUT2D eigenvalue weighted by molar-refractivity contribution is 5.29. The molecule has 0 aromatic heterocycles. The highest BCUT2D eigenvalue weighted by atomic mass is 16.8. The first-order chi connectivity index (χ1) is 23.5. The van der Waals surface area contributed by atoms with Crippen LogP contribution in [-0.4, -0.2) is 77.6 Å². The Morgan fingerprint density at radius 1 is 0.939 bits per heavy atom. The van der Waals surface area contributed by atoms with Crippen molar-refractivity contribution < 1.29 is 39.0 Å². The molecular formula is C41H60O8. The van der Waals surface area contributed by atoms with E-state index in [0.29, 0.717) is 47.2 Å². The summed E-state index contributed by atoms with van der Waals surface area (Å²) >= 11 is 0. The molecule has 6 unspecified atom stereocenters. The van der Waals surface area contributed by atoms with Crippen LogP contribution in [-0.2, 0) is 23.7 Å². The number of aliphatic hydroxyl groups is 3. The van der Waals surface area contributed by atoms with Gasteiger partial charge in [-0.25, -0.2) is 0 Å². The van der Waals surface area contributed by atoms with Crippen LogP contribution in [0.3, 0.4) is 0 Å². The van der Waals surface area contributed by atoms with E-state index >= 15 is 0 Å². The fraction of sp³-hybridized carbons (Fsp3) is 0.805. The number of allylic oxidation sites excluding steroid dienone is 1. The molecular weight excluding hydrogens is 620 g/mol. The van der Waals surface area contributed by atoms with Gasteiger partial charge in [-0.05, 0) is 104 Å². The van der Waals surface area contributed by atoms with Gasteiger partial charge in [0.05, 0.1) is 24.9 Å². The number of aliphatic hydroxyl groups excluding tert-OH is 3. The Balaban J connectivity index is 0.924. The molecule has 1 aromatic carbocycles. The Bertz CT molecular complexity index is 1370. The summed E-state index contributed by atoms with van der Waals surface area (Å²) in [6.07, 6.45) is 7.80. The highest BCUT2D eigenvalue weighted by Crippen LogP contribution is 2.73. The lowest BCUT2D eigenvalue weighted by atomic mass is 9.41. The van der Waals surface area contributed by atoms with Crippen LogP contribution in [0.4, 0.5) is 0 Å². The zero-order chi connectivity index (χ0) is 34.3. The van der Waals surface area contributed by atoms with Gasteiger partial charge >= 0.3 is 0 Å². The third-order valence-electron chi connectivity index (χ3n) is 15.2. The number of rotatable bonds is 7. The van der Waals surface area contributed by atoms with Gasteiger partial charge in [0.1, 0.15) is 24.4 Å². The van der Waals surface area contributed by atoms with Crippen molar-refractivity contribution in [3.05, 3.63) is 47.5 Å². The number of ether oxygens (including phenoxy) is 5. The van der Waals surface area contributed by atoms with Gasteiger partial charge in [0, 0.05) is 12.2 Å². The summed E-state index contributed by atoms with van der Waals surface area (Å²) in [5, 5.41) is 31.9. The third-order valence-corrected chi connectivity index (χ3v) is 15.2. The summed E-state index contributed by atoms with van der Waals surface area (Å²) in [6, 6.07) is 9.65. The molecule has 8 rings (SSSR count). The molecule has 3 saturated heterocycles. The van der Waals surface area contributed by atoms with Crippen LogP contribution in [0.2, 0.25) is 0 Å². The molecule has 8 nitrogen and oxygen atoms in total. The lowest BCUT2D eigenvalue weighted by Gasteiger charge is -2.63. The summed E-state index contributed by atoms with van der Waals surface area (Å²) in [4.78, 5) is 0. The normalized spacial score (nSPS) is 51.1. The first-order valence-electron chi connectivity index (χ1n) is 19.4. The van der Waals surface area contributed by atoms with Gasteiger partial charge < -0.3 is 39.0 Å². The van der Waals surface area contributed by atoms with Crippen molar-refractivity contribution in [1.29, 1.82) is 0 Å². The van der Waals surface area contributed by atoms with Crippen LogP contribution in [0.25, 0.3) is 0 Å². The Labute approximate surface area is 292 Å². The van der Waals surface area contributed by atoms with Crippen LogP contribution in [0, 0.1) is 45.8 Å². The van der Waals surface area contributed by atoms with Crippen molar-refractivity contribution in [2.75, 3.05) is 13.2 Å². The summed E-state index contributed by atoms with van der Waals surface area (Å²) in [7, 11) is 0. The predicted molar refractivity (Wildman–Crippen MR) is 184 cm³/mol. The minimum absolute atomic E-state index is 0.0750. The Kier molecular flexibility index (Phi) is 9.17. The standard InChI is InChI=1S/C41H60O8/c1-23(21-42)11-12-28-24(2)33-29(47-28)20-32-40(4)16-13-26-19-27(14-17-39(26,3)31(40)15-18-41(32,33)5)46-38-35(44)34(43)36-30(48-38)22-45-37(49-36)25-9-7-6-8-10-25/h6-10,13,23-24,27-38,42-44H,11-12,14-22H2,1-5H3/t23-,24-,27+,28-,29-,30?,31-,32?,33?,34?,35?,36-,37?,38-,39+,40-,41+/m1/s1. The Morgan fingerprint density at radius 2 is 1.73 bits per heavy atom. The second-order valence-electron chi connectivity index (χ2n) is 17.9. The maximum Gasteiger partial charge on any atom is 0.186 e. The van der Waals surface area contributed by atoms with E-state index in [1.165, 1.54) is 24.8 Å². The molecule has 3 heterocycles. The summed E-state index contributed by atoms with van der Waals surface area (Å²) in [5.74, 6) is 2.80. The highest BCUT2D eigenvalue weighted by Gasteiger charge is 2.68. The number of benzene rings is 1. The lowest BCUT2D eigenvalue weighted by molar-refractivity contribution is -0.367. The zero-order valence-corrected chi connectivity index (χ0v) is 30.2. The minimum Gasteiger partial charge on any atom is -0.396 e. The van der Waals surface area contributed by atoms with Crippen LogP contribution < -0.4 is 0 Å². The molecule has 49 heavy (non-hydrogen) atoms. The van der Waals surface area contributed by atoms with E-state index < -0.39 is 37.0 Å². The van der Waals surface area contributed by atoms with Gasteiger partial charge in [-0.3, -0.25) is 0 Å². The first-order valence-corrected chi connectivity index (χ1v) is 19.4. The Morgan fingerprint density at radius 3 is 2.51 bits per heavy atom. The van der Waals surface area contributed by atoms with Crippen molar-refractivity contribution in [2.24, 2.45) is 45.8 Å². The quantitative estimate of drug-likeness (QED) is 0.287. The molecule has 3 aliphatic heterocycles. The molecule has 0 radical (unpaired) electrons. The van der Waals surface area contributed by atoms with Crippen LogP contribution in [0.1, 0.15) is 104 Å². The zero-order valence-electron chi connectivity index (χ0n) is 30.2. The van der Waals surface area contributed by atoms with E-state index in [1.807, 2.05) is 30.3 Å². The van der Waals surface area contributed by atoms with Gasteiger partial charge in [0.2, 0.25) is 0 Å². The summed E-state index contributed by atoms with van der Waals surface area (Å²) in [6.45, 7) is 12.8. The second kappa shape index (κ2) is 12.9. The van der Waals surface area contributed by atoms with Crippen LogP contribution >= 0.6 is 0 Å². The van der Waals surface area contributed by atoms with E-state index in [4.69, 9.17) is 23.7 Å². The van der Waals surface area contributed by atoms with Crippen LogP contribution in [0.5, 0.6) is 0 Å². The van der Waals surface area contributed by atoms with Gasteiger partial charge in [0.15, 0.2) is 12.6 Å². The number of fused-ring (bicyclic) bond motifs is 8. The molecule has 1 aromatic rings. The fourth-order valence-electron chi connectivity index (χ4n) is 12.6. The smallest absolute Gasteiger partial charge is 0.186 e. The fourth-order valence-corrected chi connectivity index (χ4v) is 12.6. The number of hydrogen-bond donors (Lipinski definition) is 3. The van der Waals surface area contributed by atoms with Crippen molar-refractivity contribution >= 4 is 0 Å².